The Bertz CT molecular complexity index is 6470. The molecule has 28 nitrogen and oxygen atoms in total. The van der Waals surface area contributed by atoms with Gasteiger partial charge in [-0.3, -0.25) is 44.6 Å². The lowest BCUT2D eigenvalue weighted by atomic mass is 9.70. The van der Waals surface area contributed by atoms with E-state index in [1.54, 1.807) is 67.1 Å². The number of nitro benzene ring substituents is 2. The third-order valence-electron chi connectivity index (χ3n) is 26.5. The first-order valence-electron chi connectivity index (χ1n) is 44.3. The molecule has 678 valence electrons. The summed E-state index contributed by atoms with van der Waals surface area (Å²) in [7, 11) is -9.28. The van der Waals surface area contributed by atoms with Crippen LogP contribution in [0.5, 0.6) is 34.5 Å². The molecule has 9 heterocycles. The van der Waals surface area contributed by atoms with Crippen LogP contribution < -0.4 is 43.5 Å². The van der Waals surface area contributed by atoms with E-state index in [1.165, 1.54) is 64.0 Å². The zero-order chi connectivity index (χ0) is 91.1. The lowest BCUT2D eigenvalue weighted by Crippen LogP contribution is -2.47. The summed E-state index contributed by atoms with van der Waals surface area (Å²) in [6.45, 7) is 24.2. The van der Waals surface area contributed by atoms with Gasteiger partial charge in [0.05, 0.1) is 73.3 Å². The van der Waals surface area contributed by atoms with Crippen molar-refractivity contribution in [1.82, 2.24) is 44.2 Å². The van der Waals surface area contributed by atoms with Crippen molar-refractivity contribution in [3.8, 4) is 34.5 Å². The number of allylic oxidation sites excluding steroid dienone is 2. The van der Waals surface area contributed by atoms with Gasteiger partial charge in [0.25, 0.3) is 37.5 Å². The Morgan fingerprint density at radius 1 is 0.562 bits per heavy atom. The lowest BCUT2D eigenvalue weighted by Gasteiger charge is -2.39. The van der Waals surface area contributed by atoms with Crippen LogP contribution in [0, 0.1) is 55.2 Å². The number of aromatic amines is 2. The number of aromatic nitrogens is 5. The Hall–Kier alpha value is -11.9. The van der Waals surface area contributed by atoms with Crippen LogP contribution in [0.1, 0.15) is 167 Å². The average Bonchev–Trinajstić information content (AvgIpc) is 0.960. The summed E-state index contributed by atoms with van der Waals surface area (Å²) in [6, 6.07) is 41.8. The summed E-state index contributed by atoms with van der Waals surface area (Å²) in [5.74, 6) is -0.371. The van der Waals surface area contributed by atoms with Gasteiger partial charge in [0, 0.05) is 147 Å². The van der Waals surface area contributed by atoms with Gasteiger partial charge in [-0.2, -0.15) is 0 Å². The maximum Gasteiger partial charge on any atom is 0.314 e. The molecule has 2 saturated heterocycles. The van der Waals surface area contributed by atoms with Crippen LogP contribution in [0.25, 0.3) is 33.2 Å². The van der Waals surface area contributed by atoms with E-state index in [0.717, 1.165) is 173 Å². The van der Waals surface area contributed by atoms with Crippen molar-refractivity contribution in [2.75, 3.05) is 93.7 Å². The quantitative estimate of drug-likeness (QED) is 0.0293. The number of aryl methyl sites for hydroxylation is 1. The maximum atomic E-state index is 14.1. The molecule has 1 saturated carbocycles. The minimum Gasteiger partial charge on any atom is -0.493 e. The Labute approximate surface area is 766 Å². The number of carbonyl (C=O) groups excluding carboxylic acids is 2. The molecule has 4 aliphatic heterocycles. The van der Waals surface area contributed by atoms with Crippen molar-refractivity contribution in [1.29, 1.82) is 0 Å². The van der Waals surface area contributed by atoms with Gasteiger partial charge in [0.15, 0.2) is 6.10 Å². The first kappa shape index (κ1) is 90.0. The van der Waals surface area contributed by atoms with Gasteiger partial charge >= 0.3 is 5.69 Å². The standard InChI is InChI=1S/C51H59ClN6O7S.C47H47ClN8O7S/c1-50(2)15-11-33(12-16-50)23-34-24-43-45(58(60)61)27-41(28-46(43)64-32-34)66(62,63)55-49(59)42-10-9-39(26-47(42)65-40-25-36-14-18-53-48(36)54-30-40)57-21-19-56(20-22-57)31-37-13-17-51(3,4)29-44(37)35-5-7-38(52)8-6-35;1-29-4-11-39(50-25-29)43-27-51-40-22-36(23-41(56(58)59)44(40)63-43)64(60,61)53-46(57)37-10-9-34(21-42(37)62-35-20-31-13-15-49-45(31)52-26-35)55-18-16-54(17-19-55)28-32-12-14-47(2,3)24-38(32)30-5-7-33(48)8-6-30/h5-10,14,18,25-28,30,33-34H,11-13,15-17,19-24,29,31-32H2,1-4H3,(H,53,54)(H,55,59);4-11,13,15,20-23,25-26,43,51H,12,14,16-19,24,27-28H2,1-3H3,(H,49,52)(H,53,57)/t34-;43-/m00/s1. The van der Waals surface area contributed by atoms with Crippen LogP contribution in [0.2, 0.25) is 10.0 Å². The second kappa shape index (κ2) is 37.1. The molecular weight excluding hydrogens is 1730 g/mol. The largest absolute Gasteiger partial charge is 0.493 e. The molecule has 130 heavy (non-hydrogen) atoms. The average molecular weight is 1840 g/mol. The highest BCUT2D eigenvalue weighted by Crippen LogP contribution is 2.49. The minimum atomic E-state index is -4.67. The highest BCUT2D eigenvalue weighted by atomic mass is 35.5. The second-order valence-electron chi connectivity index (χ2n) is 37.7. The Kier molecular flexibility index (Phi) is 25.7. The number of piperazine rings is 2. The van der Waals surface area contributed by atoms with E-state index in [2.05, 4.69) is 125 Å². The molecular formula is C98H106Cl2N14O14S2. The summed E-state index contributed by atoms with van der Waals surface area (Å²) >= 11 is 12.5. The number of hydrogen-bond donors (Lipinski definition) is 5. The minimum absolute atomic E-state index is 0.0327. The molecule has 18 rings (SSSR count). The van der Waals surface area contributed by atoms with E-state index < -0.39 is 63.3 Å². The van der Waals surface area contributed by atoms with E-state index >= 15 is 0 Å². The van der Waals surface area contributed by atoms with Gasteiger partial charge in [-0.1, -0.05) is 106 Å². The lowest BCUT2D eigenvalue weighted by molar-refractivity contribution is -0.386. The molecule has 32 heteroatoms. The molecule has 0 spiro atoms. The normalized spacial score (nSPS) is 18.9. The van der Waals surface area contributed by atoms with Crippen molar-refractivity contribution in [2.24, 2.45) is 28.1 Å². The SMILES string of the molecule is CC1(C)CCC(C[C@@H]2COc3cc(S(=O)(=O)NC(=O)c4ccc(N5CCN(CC6=C(c7ccc(Cl)cc7)CC(C)(C)CC6)CC5)cc4Oc4cnc5[nH]ccc5c4)cc([N+](=O)[O-])c3C2)CC1.Cc1ccc([C@@H]2CNc3cc(S(=O)(=O)NC(=O)c4ccc(N5CCN(CC6=C(c7ccc(Cl)cc7)CC(C)(C)CC6)CC5)cc4Oc4cnc5[nH]ccc5c4)cc([N+](=O)[O-])c3O2)nc1. The molecule has 3 aliphatic carbocycles. The van der Waals surface area contributed by atoms with Gasteiger partial charge in [0.2, 0.25) is 5.75 Å². The number of carbonyl (C=O) groups is 2. The molecule has 5 aromatic heterocycles. The number of fused-ring (bicyclic) bond motifs is 4. The number of amides is 2. The maximum absolute atomic E-state index is 14.1. The zero-order valence-electron chi connectivity index (χ0n) is 73.8. The molecule has 2 amide bonds. The Morgan fingerprint density at radius 3 is 1.54 bits per heavy atom. The molecule has 7 aliphatic rings. The molecule has 0 unspecified atom stereocenters. The summed E-state index contributed by atoms with van der Waals surface area (Å²) in [5, 5.41) is 30.8. The number of benzene rings is 6. The van der Waals surface area contributed by atoms with Crippen molar-refractivity contribution in [3.63, 3.8) is 0 Å². The number of hydrogen-bond acceptors (Lipinski definition) is 22. The molecule has 3 fully saturated rings. The van der Waals surface area contributed by atoms with E-state index in [9.17, 15) is 46.7 Å². The topological polar surface area (TPSA) is 345 Å². The number of ether oxygens (including phenoxy) is 4. The zero-order valence-corrected chi connectivity index (χ0v) is 76.9. The fourth-order valence-electron chi connectivity index (χ4n) is 18.9. The number of nitrogens with zero attached hydrogens (tertiary/aromatic N) is 9. The predicted octanol–water partition coefficient (Wildman–Crippen LogP) is 20.0. The number of pyridine rings is 3. The predicted molar refractivity (Wildman–Crippen MR) is 504 cm³/mol. The number of nitro groups is 2. The fourth-order valence-corrected chi connectivity index (χ4v) is 21.2. The number of rotatable bonds is 23. The van der Waals surface area contributed by atoms with Crippen LogP contribution in [0.3, 0.4) is 0 Å². The number of sulfonamides is 2. The van der Waals surface area contributed by atoms with Crippen LogP contribution in [0.15, 0.2) is 198 Å². The molecule has 11 aromatic rings. The molecule has 0 radical (unpaired) electrons. The Balaban J connectivity index is 0.000000182. The summed E-state index contributed by atoms with van der Waals surface area (Å²) < 4.78 is 84.9. The van der Waals surface area contributed by atoms with Gasteiger partial charge in [-0.15, -0.1) is 0 Å². The van der Waals surface area contributed by atoms with Gasteiger partial charge in [-0.25, -0.2) is 36.2 Å². The highest BCUT2D eigenvalue weighted by molar-refractivity contribution is 7.90. The molecule has 0 bridgehead atoms. The number of halogens is 2. The highest BCUT2D eigenvalue weighted by Gasteiger charge is 2.39. The summed E-state index contributed by atoms with van der Waals surface area (Å²) in [6.07, 6.45) is 19.8. The number of nitrogens with one attached hydrogen (secondary N) is 5. The van der Waals surface area contributed by atoms with Crippen LogP contribution >= 0.6 is 23.2 Å². The van der Waals surface area contributed by atoms with Gasteiger partial charge in [0.1, 0.15) is 40.0 Å². The van der Waals surface area contributed by atoms with Crippen molar-refractivity contribution in [3.05, 3.63) is 257 Å². The first-order valence-corrected chi connectivity index (χ1v) is 48.0. The number of H-pyrrole nitrogens is 2. The van der Waals surface area contributed by atoms with Gasteiger partial charge < -0.3 is 44.0 Å². The molecule has 6 aromatic carbocycles. The second-order valence-corrected chi connectivity index (χ2v) is 42.0. The van der Waals surface area contributed by atoms with Crippen LogP contribution in [-0.2, 0) is 26.5 Å². The third-order valence-corrected chi connectivity index (χ3v) is 29.6. The summed E-state index contributed by atoms with van der Waals surface area (Å²) in [5.41, 5.74) is 12.8. The van der Waals surface area contributed by atoms with Crippen molar-refractivity contribution in [2.45, 2.75) is 141 Å². The van der Waals surface area contributed by atoms with Crippen molar-refractivity contribution >= 4 is 117 Å². The van der Waals surface area contributed by atoms with Gasteiger partial charge in [-0.05, 0) is 225 Å². The van der Waals surface area contributed by atoms with Crippen LogP contribution in [-0.4, -0.2) is 152 Å². The van der Waals surface area contributed by atoms with E-state index in [1.807, 2.05) is 49.4 Å². The summed E-state index contributed by atoms with van der Waals surface area (Å²) in [4.78, 5) is 79.5. The molecule has 5 N–H and O–H groups in total. The fraction of sp³-hybridized carbons (Fsp3) is 0.378. The monoisotopic (exact) mass is 1840 g/mol. The van der Waals surface area contributed by atoms with E-state index in [-0.39, 0.29) is 68.8 Å². The number of anilines is 3. The third kappa shape index (κ3) is 20.8. The van der Waals surface area contributed by atoms with Crippen molar-refractivity contribution < 1.29 is 55.2 Å². The van der Waals surface area contributed by atoms with E-state index in [0.29, 0.717) is 71.5 Å². The first-order chi connectivity index (χ1) is 62.1. The van der Waals surface area contributed by atoms with Crippen LogP contribution in [0.4, 0.5) is 28.4 Å². The Morgan fingerprint density at radius 2 is 1.05 bits per heavy atom. The smallest absolute Gasteiger partial charge is 0.314 e. The molecule has 2 atom stereocenters. The van der Waals surface area contributed by atoms with E-state index in [4.69, 9.17) is 42.1 Å².